The molecular weight excluding hydrogens is 342 g/mol. The highest BCUT2D eigenvalue weighted by Gasteiger charge is 2.45. The monoisotopic (exact) mass is 373 g/mol. The molecule has 0 aliphatic carbocycles. The maximum atomic E-state index is 12.9. The first-order valence-electron chi connectivity index (χ1n) is 9.60. The second kappa shape index (κ2) is 8.05. The molecule has 2 heterocycles. The van der Waals surface area contributed by atoms with E-state index >= 15 is 0 Å². The fourth-order valence-corrected chi connectivity index (χ4v) is 5.78. The number of hydrogen-bond donors (Lipinski definition) is 1. The van der Waals surface area contributed by atoms with Crippen molar-refractivity contribution in [2.75, 3.05) is 32.4 Å². The molecule has 5 heteroatoms. The molecule has 1 unspecified atom stereocenters. The summed E-state index contributed by atoms with van der Waals surface area (Å²) < 4.78 is 0.273. The Morgan fingerprint density at radius 1 is 1.31 bits per heavy atom. The van der Waals surface area contributed by atoms with Gasteiger partial charge in [-0.15, -0.1) is 11.8 Å². The average Bonchev–Trinajstić information content (AvgIpc) is 2.96. The molecule has 2 N–H and O–H groups in total. The molecule has 1 aromatic carbocycles. The van der Waals surface area contributed by atoms with Gasteiger partial charge in [0.2, 0.25) is 5.91 Å². The lowest BCUT2D eigenvalue weighted by Gasteiger charge is -2.36. The van der Waals surface area contributed by atoms with Crippen LogP contribution in [0, 0.1) is 0 Å². The van der Waals surface area contributed by atoms with E-state index in [4.69, 9.17) is 5.73 Å². The fourth-order valence-electron chi connectivity index (χ4n) is 4.10. The molecule has 1 atom stereocenters. The minimum atomic E-state index is 0.273. The maximum absolute atomic E-state index is 12.9. The molecule has 1 aromatic rings. The lowest BCUT2D eigenvalue weighted by molar-refractivity contribution is -0.131. The van der Waals surface area contributed by atoms with Gasteiger partial charge in [-0.25, -0.2) is 0 Å². The third kappa shape index (κ3) is 4.09. The highest BCUT2D eigenvalue weighted by molar-refractivity contribution is 8.01. The van der Waals surface area contributed by atoms with Crippen molar-refractivity contribution in [1.82, 2.24) is 9.80 Å². The number of allylic oxidation sites excluding steroid dienone is 2. The van der Waals surface area contributed by atoms with Crippen LogP contribution < -0.4 is 5.73 Å². The first-order chi connectivity index (χ1) is 12.4. The summed E-state index contributed by atoms with van der Waals surface area (Å²) in [4.78, 5) is 17.4. The van der Waals surface area contributed by atoms with Crippen LogP contribution in [0.25, 0.3) is 5.57 Å². The van der Waals surface area contributed by atoms with E-state index in [9.17, 15) is 4.79 Å². The number of piperidine rings is 1. The van der Waals surface area contributed by atoms with Crippen LogP contribution in [0.5, 0.6) is 0 Å². The van der Waals surface area contributed by atoms with Gasteiger partial charge in [-0.3, -0.25) is 4.79 Å². The van der Waals surface area contributed by atoms with Gasteiger partial charge in [-0.1, -0.05) is 24.3 Å². The van der Waals surface area contributed by atoms with E-state index in [1.54, 1.807) is 0 Å². The molecule has 2 fully saturated rings. The van der Waals surface area contributed by atoms with Gasteiger partial charge >= 0.3 is 0 Å². The number of amides is 1. The van der Waals surface area contributed by atoms with Gasteiger partial charge in [-0.2, -0.15) is 0 Å². The normalized spacial score (nSPS) is 23.6. The molecule has 1 amide bonds. The SMILES string of the molecule is C/C=C(/CCC(=O)N1CC2(CCN(C)CC2)SC1C)c1ccccc1N. The maximum Gasteiger partial charge on any atom is 0.223 e. The molecule has 0 saturated carbocycles. The van der Waals surface area contributed by atoms with Crippen molar-refractivity contribution in [2.24, 2.45) is 0 Å². The predicted octanol–water partition coefficient (Wildman–Crippen LogP) is 3.84. The van der Waals surface area contributed by atoms with E-state index in [-0.39, 0.29) is 16.0 Å². The average molecular weight is 374 g/mol. The Bertz CT molecular complexity index is 680. The lowest BCUT2D eigenvalue weighted by atomic mass is 9.95. The van der Waals surface area contributed by atoms with Crippen molar-refractivity contribution < 1.29 is 4.79 Å². The van der Waals surface area contributed by atoms with Crippen molar-refractivity contribution in [3.05, 3.63) is 35.9 Å². The smallest absolute Gasteiger partial charge is 0.223 e. The Hall–Kier alpha value is -1.46. The number of nitrogens with zero attached hydrogens (tertiary/aromatic N) is 2. The van der Waals surface area contributed by atoms with Crippen LogP contribution in [-0.2, 0) is 4.79 Å². The zero-order valence-electron chi connectivity index (χ0n) is 16.2. The number of nitrogens with two attached hydrogens (primary N) is 1. The second-order valence-corrected chi connectivity index (χ2v) is 9.41. The molecule has 2 aliphatic rings. The largest absolute Gasteiger partial charge is 0.398 e. The molecule has 0 bridgehead atoms. The quantitative estimate of drug-likeness (QED) is 0.815. The minimum absolute atomic E-state index is 0.273. The fraction of sp³-hybridized carbons (Fsp3) is 0.571. The zero-order chi connectivity index (χ0) is 18.7. The van der Waals surface area contributed by atoms with Crippen LogP contribution in [0.4, 0.5) is 5.69 Å². The van der Waals surface area contributed by atoms with Gasteiger partial charge in [0, 0.05) is 29.0 Å². The number of likely N-dealkylation sites (tertiary alicyclic amines) is 1. The van der Waals surface area contributed by atoms with Crippen LogP contribution in [-0.4, -0.2) is 52.5 Å². The van der Waals surface area contributed by atoms with Crippen molar-refractivity contribution in [1.29, 1.82) is 0 Å². The number of carbonyl (C=O) groups excluding carboxylic acids is 1. The highest BCUT2D eigenvalue weighted by Crippen LogP contribution is 2.46. The van der Waals surface area contributed by atoms with E-state index in [1.165, 1.54) is 12.8 Å². The van der Waals surface area contributed by atoms with Crippen LogP contribution in [0.15, 0.2) is 30.3 Å². The summed E-state index contributed by atoms with van der Waals surface area (Å²) in [5.74, 6) is 0.273. The molecule has 1 spiro atoms. The summed E-state index contributed by atoms with van der Waals surface area (Å²) >= 11 is 2.01. The molecule has 142 valence electrons. The van der Waals surface area contributed by atoms with Crippen LogP contribution in [0.3, 0.4) is 0 Å². The van der Waals surface area contributed by atoms with E-state index < -0.39 is 0 Å². The van der Waals surface area contributed by atoms with Gasteiger partial charge in [0.05, 0.1) is 5.37 Å². The molecule has 0 radical (unpaired) electrons. The van der Waals surface area contributed by atoms with E-state index in [1.807, 2.05) is 43.0 Å². The summed E-state index contributed by atoms with van der Waals surface area (Å²) in [5.41, 5.74) is 9.10. The number of rotatable bonds is 4. The van der Waals surface area contributed by atoms with Gasteiger partial charge in [0.25, 0.3) is 0 Å². The zero-order valence-corrected chi connectivity index (χ0v) is 17.0. The van der Waals surface area contributed by atoms with E-state index in [0.717, 1.165) is 42.9 Å². The third-order valence-electron chi connectivity index (χ3n) is 5.80. The molecular formula is C21H31N3OS. The van der Waals surface area contributed by atoms with Crippen molar-refractivity contribution in [2.45, 2.75) is 49.7 Å². The number of anilines is 1. The van der Waals surface area contributed by atoms with E-state index in [2.05, 4.69) is 29.8 Å². The molecule has 26 heavy (non-hydrogen) atoms. The Kier molecular flexibility index (Phi) is 5.98. The van der Waals surface area contributed by atoms with Gasteiger partial charge in [0.1, 0.15) is 0 Å². The summed E-state index contributed by atoms with van der Waals surface area (Å²) in [7, 11) is 2.19. The number of hydrogen-bond acceptors (Lipinski definition) is 4. The Morgan fingerprint density at radius 3 is 2.65 bits per heavy atom. The van der Waals surface area contributed by atoms with Gasteiger partial charge < -0.3 is 15.5 Å². The van der Waals surface area contributed by atoms with Crippen molar-refractivity contribution in [3.63, 3.8) is 0 Å². The van der Waals surface area contributed by atoms with Crippen LogP contribution in [0.2, 0.25) is 0 Å². The van der Waals surface area contributed by atoms with Crippen molar-refractivity contribution >= 4 is 28.9 Å². The standard InChI is InChI=1S/C21H31N3OS/c1-4-17(18-7-5-6-8-19(18)22)9-10-20(25)24-15-21(26-16(24)2)11-13-23(3)14-12-21/h4-8,16H,9-15,22H2,1-3H3/b17-4-. The lowest BCUT2D eigenvalue weighted by Crippen LogP contribution is -2.44. The second-order valence-electron chi connectivity index (χ2n) is 7.63. The molecule has 3 rings (SSSR count). The Labute approximate surface area is 161 Å². The molecule has 2 aliphatic heterocycles. The molecule has 2 saturated heterocycles. The summed E-state index contributed by atoms with van der Waals surface area (Å²) in [6.45, 7) is 7.38. The topological polar surface area (TPSA) is 49.6 Å². The Balaban J connectivity index is 1.60. The molecule has 4 nitrogen and oxygen atoms in total. The predicted molar refractivity (Wildman–Crippen MR) is 112 cm³/mol. The minimum Gasteiger partial charge on any atom is -0.398 e. The number of carbonyl (C=O) groups is 1. The number of benzene rings is 1. The van der Waals surface area contributed by atoms with Crippen molar-refractivity contribution in [3.8, 4) is 0 Å². The third-order valence-corrected chi connectivity index (χ3v) is 7.43. The van der Waals surface area contributed by atoms with E-state index in [0.29, 0.717) is 6.42 Å². The van der Waals surface area contributed by atoms with Gasteiger partial charge in [-0.05, 0) is 64.9 Å². The first-order valence-corrected chi connectivity index (χ1v) is 10.5. The van der Waals surface area contributed by atoms with Crippen LogP contribution >= 0.6 is 11.8 Å². The van der Waals surface area contributed by atoms with Crippen LogP contribution in [0.1, 0.15) is 45.1 Å². The number of para-hydroxylation sites is 1. The first kappa shape index (κ1) is 19.3. The summed E-state index contributed by atoms with van der Waals surface area (Å²) in [6.07, 6.45) is 5.74. The Morgan fingerprint density at radius 2 is 2.00 bits per heavy atom. The number of thioether (sulfide) groups is 1. The number of nitrogen functional groups attached to an aromatic ring is 1. The molecule has 0 aromatic heterocycles. The van der Waals surface area contributed by atoms with Gasteiger partial charge in [0.15, 0.2) is 0 Å². The summed E-state index contributed by atoms with van der Waals surface area (Å²) in [5, 5.41) is 0.279. The summed E-state index contributed by atoms with van der Waals surface area (Å²) in [6, 6.07) is 7.90. The highest BCUT2D eigenvalue weighted by atomic mass is 32.2.